The quantitative estimate of drug-likeness (QED) is 0.692. The summed E-state index contributed by atoms with van der Waals surface area (Å²) in [5.41, 5.74) is 2.79. The second-order valence-electron chi connectivity index (χ2n) is 5.30. The van der Waals surface area contributed by atoms with Gasteiger partial charge in [0.2, 0.25) is 0 Å². The summed E-state index contributed by atoms with van der Waals surface area (Å²) in [6.45, 7) is 0. The maximum atomic E-state index is 12.6. The van der Waals surface area contributed by atoms with Gasteiger partial charge in [-0.15, -0.1) is 10.2 Å². The number of ketones is 1. The average Bonchev–Trinajstić information content (AvgIpc) is 3.10. The first-order valence-corrected chi connectivity index (χ1v) is 7.39. The van der Waals surface area contributed by atoms with Crippen LogP contribution in [-0.2, 0) is 0 Å². The van der Waals surface area contributed by atoms with Crippen LogP contribution in [0.1, 0.15) is 28.4 Å². The van der Waals surface area contributed by atoms with Gasteiger partial charge in [0.1, 0.15) is 6.33 Å². The van der Waals surface area contributed by atoms with E-state index in [1.165, 1.54) is 0 Å². The van der Waals surface area contributed by atoms with Gasteiger partial charge in [-0.2, -0.15) is 0 Å². The van der Waals surface area contributed by atoms with Crippen molar-refractivity contribution in [2.75, 3.05) is 0 Å². The molecule has 4 nitrogen and oxygen atoms in total. The van der Waals surface area contributed by atoms with E-state index in [-0.39, 0.29) is 11.8 Å². The van der Waals surface area contributed by atoms with Crippen LogP contribution in [0.4, 0.5) is 0 Å². The van der Waals surface area contributed by atoms with Crippen LogP contribution in [0.15, 0.2) is 54.9 Å². The number of hydrogen-bond donors (Lipinski definition) is 0. The summed E-state index contributed by atoms with van der Waals surface area (Å²) in [6, 6.07) is 15.0. The largest absolute Gasteiger partial charge is 0.305 e. The Hall–Kier alpha value is -2.46. The number of nitrogens with zero attached hydrogens (tertiary/aromatic N) is 3. The minimum absolute atomic E-state index is 0.0591. The van der Waals surface area contributed by atoms with Gasteiger partial charge in [0.25, 0.3) is 0 Å². The predicted octanol–water partition coefficient (Wildman–Crippen LogP) is 3.77. The smallest absolute Gasteiger partial charge is 0.165 e. The van der Waals surface area contributed by atoms with E-state index in [0.29, 0.717) is 17.0 Å². The van der Waals surface area contributed by atoms with Crippen molar-refractivity contribution in [3.8, 4) is 11.4 Å². The Balaban J connectivity index is 1.71. The summed E-state index contributed by atoms with van der Waals surface area (Å²) in [4.78, 5) is 12.6. The number of rotatable bonds is 3. The maximum absolute atomic E-state index is 12.6. The third kappa shape index (κ3) is 2.04. The first-order valence-electron chi connectivity index (χ1n) is 7.01. The molecule has 1 unspecified atom stereocenters. The van der Waals surface area contributed by atoms with Crippen LogP contribution in [0, 0.1) is 0 Å². The van der Waals surface area contributed by atoms with E-state index in [0.717, 1.165) is 17.0 Å². The molecule has 0 aliphatic carbocycles. The molecule has 1 aliphatic rings. The molecule has 1 aromatic heterocycles. The van der Waals surface area contributed by atoms with E-state index in [1.54, 1.807) is 30.6 Å². The van der Waals surface area contributed by atoms with Crippen molar-refractivity contribution < 1.29 is 4.79 Å². The zero-order chi connectivity index (χ0) is 15.1. The Bertz CT molecular complexity index is 872. The highest BCUT2D eigenvalue weighted by Crippen LogP contribution is 2.39. The molecule has 3 aromatic rings. The summed E-state index contributed by atoms with van der Waals surface area (Å²) in [5, 5.41) is 8.70. The standard InChI is InChI=1S/C17H12ClN3O/c18-12-5-3-4-11(8-12)16(22)9-15-13-6-1-2-7-14(13)17-20-19-10-21(15)17/h1-8,10,15H,9H2. The molecule has 5 heteroatoms. The van der Waals surface area contributed by atoms with Crippen molar-refractivity contribution in [1.82, 2.24) is 14.8 Å². The zero-order valence-electron chi connectivity index (χ0n) is 11.6. The lowest BCUT2D eigenvalue weighted by Crippen LogP contribution is -2.11. The van der Waals surface area contributed by atoms with Gasteiger partial charge in [-0.3, -0.25) is 4.79 Å². The highest BCUT2D eigenvalue weighted by molar-refractivity contribution is 6.31. The third-order valence-corrected chi connectivity index (χ3v) is 4.23. The number of benzene rings is 2. The Morgan fingerprint density at radius 2 is 2.05 bits per heavy atom. The number of aromatic nitrogens is 3. The summed E-state index contributed by atoms with van der Waals surface area (Å²) in [6.07, 6.45) is 2.05. The van der Waals surface area contributed by atoms with Crippen LogP contribution in [0.3, 0.4) is 0 Å². The van der Waals surface area contributed by atoms with Gasteiger partial charge in [-0.1, -0.05) is 48.0 Å². The van der Waals surface area contributed by atoms with Crippen LogP contribution < -0.4 is 0 Å². The molecule has 1 atom stereocenters. The fourth-order valence-electron chi connectivity index (χ4n) is 2.97. The van der Waals surface area contributed by atoms with Gasteiger partial charge in [-0.05, 0) is 17.7 Å². The van der Waals surface area contributed by atoms with E-state index in [9.17, 15) is 4.79 Å². The molecular formula is C17H12ClN3O. The molecule has 1 aliphatic heterocycles. The summed E-state index contributed by atoms with van der Waals surface area (Å²) in [5.74, 6) is 0.878. The fourth-order valence-corrected chi connectivity index (χ4v) is 3.16. The number of carbonyl (C=O) groups is 1. The van der Waals surface area contributed by atoms with Gasteiger partial charge in [0, 0.05) is 22.6 Å². The van der Waals surface area contributed by atoms with Crippen molar-refractivity contribution >= 4 is 17.4 Å². The van der Waals surface area contributed by atoms with Crippen molar-refractivity contribution in [2.24, 2.45) is 0 Å². The van der Waals surface area contributed by atoms with Crippen LogP contribution >= 0.6 is 11.6 Å². The van der Waals surface area contributed by atoms with Gasteiger partial charge >= 0.3 is 0 Å². The van der Waals surface area contributed by atoms with Crippen molar-refractivity contribution in [1.29, 1.82) is 0 Å². The molecule has 0 fully saturated rings. The van der Waals surface area contributed by atoms with Crippen LogP contribution in [0.2, 0.25) is 5.02 Å². The van der Waals surface area contributed by atoms with Gasteiger partial charge in [-0.25, -0.2) is 0 Å². The molecule has 2 aromatic carbocycles. The molecule has 108 valence electrons. The molecule has 0 radical (unpaired) electrons. The van der Waals surface area contributed by atoms with E-state index in [1.807, 2.05) is 28.8 Å². The summed E-state index contributed by atoms with van der Waals surface area (Å²) < 4.78 is 1.97. The monoisotopic (exact) mass is 309 g/mol. The topological polar surface area (TPSA) is 47.8 Å². The summed E-state index contributed by atoms with van der Waals surface area (Å²) in [7, 11) is 0. The molecule has 0 bridgehead atoms. The molecule has 4 rings (SSSR count). The fraction of sp³-hybridized carbons (Fsp3) is 0.118. The van der Waals surface area contributed by atoms with Gasteiger partial charge in [0.15, 0.2) is 11.6 Å². The Morgan fingerprint density at radius 3 is 2.91 bits per heavy atom. The molecular weight excluding hydrogens is 298 g/mol. The second kappa shape index (κ2) is 5.07. The van der Waals surface area contributed by atoms with Crippen molar-refractivity contribution in [3.63, 3.8) is 0 Å². The lowest BCUT2D eigenvalue weighted by Gasteiger charge is -2.13. The second-order valence-corrected chi connectivity index (χ2v) is 5.74. The zero-order valence-corrected chi connectivity index (χ0v) is 12.4. The SMILES string of the molecule is O=C(CC1c2ccccc2-c2nncn21)c1cccc(Cl)c1. The van der Waals surface area contributed by atoms with E-state index in [4.69, 9.17) is 11.6 Å². The normalized spacial score (nSPS) is 15.4. The Kier molecular flexibility index (Phi) is 3.05. The van der Waals surface area contributed by atoms with Gasteiger partial charge in [0.05, 0.1) is 6.04 Å². The highest BCUT2D eigenvalue weighted by atomic mass is 35.5. The van der Waals surface area contributed by atoms with Crippen LogP contribution in [-0.4, -0.2) is 20.5 Å². The Labute approximate surface area is 132 Å². The average molecular weight is 310 g/mol. The van der Waals surface area contributed by atoms with E-state index < -0.39 is 0 Å². The van der Waals surface area contributed by atoms with Crippen LogP contribution in [0.25, 0.3) is 11.4 Å². The first-order chi connectivity index (χ1) is 10.7. The van der Waals surface area contributed by atoms with E-state index >= 15 is 0 Å². The number of fused-ring (bicyclic) bond motifs is 3. The molecule has 0 amide bonds. The Morgan fingerprint density at radius 1 is 1.18 bits per heavy atom. The number of Topliss-reactive ketones (excluding diaryl/α,β-unsaturated/α-hetero) is 1. The minimum Gasteiger partial charge on any atom is -0.305 e. The summed E-state index contributed by atoms with van der Waals surface area (Å²) >= 11 is 5.97. The molecule has 2 heterocycles. The number of halogens is 1. The molecule has 0 spiro atoms. The first kappa shape index (κ1) is 13.2. The minimum atomic E-state index is -0.0623. The van der Waals surface area contributed by atoms with Crippen molar-refractivity contribution in [2.45, 2.75) is 12.5 Å². The molecule has 0 N–H and O–H groups in total. The molecule has 22 heavy (non-hydrogen) atoms. The lowest BCUT2D eigenvalue weighted by atomic mass is 9.97. The van der Waals surface area contributed by atoms with Crippen molar-refractivity contribution in [3.05, 3.63) is 71.0 Å². The predicted molar refractivity (Wildman–Crippen MR) is 84.0 cm³/mol. The number of carbonyl (C=O) groups excluding carboxylic acids is 1. The molecule has 0 saturated carbocycles. The lowest BCUT2D eigenvalue weighted by molar-refractivity contribution is 0.0970. The third-order valence-electron chi connectivity index (χ3n) is 3.99. The van der Waals surface area contributed by atoms with Crippen LogP contribution in [0.5, 0.6) is 0 Å². The maximum Gasteiger partial charge on any atom is 0.165 e. The highest BCUT2D eigenvalue weighted by Gasteiger charge is 2.31. The molecule has 0 saturated heterocycles. The van der Waals surface area contributed by atoms with Gasteiger partial charge < -0.3 is 4.57 Å². The number of hydrogen-bond acceptors (Lipinski definition) is 3. The van der Waals surface area contributed by atoms with E-state index in [2.05, 4.69) is 10.2 Å².